The SMILES string of the molecule is CC(C)[C@@H](C)NC(=O)Nc1cc(C(=O)NCCC(N)=O)ccc1F. The normalized spacial score (nSPS) is 11.7. The Bertz CT molecular complexity index is 619. The summed E-state index contributed by atoms with van der Waals surface area (Å²) in [5.41, 5.74) is 5.04. The maximum Gasteiger partial charge on any atom is 0.319 e. The van der Waals surface area contributed by atoms with E-state index < -0.39 is 23.7 Å². The van der Waals surface area contributed by atoms with Crippen molar-refractivity contribution in [3.63, 3.8) is 0 Å². The number of nitrogens with two attached hydrogens (primary N) is 1. The van der Waals surface area contributed by atoms with Crippen LogP contribution in [0.25, 0.3) is 0 Å². The van der Waals surface area contributed by atoms with Gasteiger partial charge in [-0.3, -0.25) is 9.59 Å². The third-order valence-electron chi connectivity index (χ3n) is 3.49. The molecule has 1 atom stereocenters. The van der Waals surface area contributed by atoms with Crippen LogP contribution in [-0.4, -0.2) is 30.4 Å². The number of primary amides is 1. The molecule has 0 aliphatic rings. The largest absolute Gasteiger partial charge is 0.370 e. The molecule has 7 nitrogen and oxygen atoms in total. The van der Waals surface area contributed by atoms with Crippen molar-refractivity contribution in [1.29, 1.82) is 0 Å². The first-order chi connectivity index (χ1) is 11.2. The maximum atomic E-state index is 13.8. The van der Waals surface area contributed by atoms with Gasteiger partial charge in [0.1, 0.15) is 5.82 Å². The lowest BCUT2D eigenvalue weighted by atomic mass is 10.1. The molecule has 4 amide bonds. The summed E-state index contributed by atoms with van der Waals surface area (Å²) in [6.07, 6.45) is 0.00748. The fourth-order valence-corrected chi connectivity index (χ4v) is 1.70. The smallest absolute Gasteiger partial charge is 0.319 e. The Morgan fingerprint density at radius 1 is 1.21 bits per heavy atom. The minimum Gasteiger partial charge on any atom is -0.370 e. The van der Waals surface area contributed by atoms with Crippen LogP contribution in [0.1, 0.15) is 37.6 Å². The molecule has 8 heteroatoms. The summed E-state index contributed by atoms with van der Waals surface area (Å²) in [6, 6.07) is 2.96. The molecule has 0 bridgehead atoms. The van der Waals surface area contributed by atoms with Gasteiger partial charge in [-0.25, -0.2) is 9.18 Å². The van der Waals surface area contributed by atoms with E-state index in [9.17, 15) is 18.8 Å². The summed E-state index contributed by atoms with van der Waals surface area (Å²) in [5, 5.41) is 7.56. The third kappa shape index (κ3) is 6.23. The number of nitrogens with one attached hydrogen (secondary N) is 3. The number of hydrogen-bond acceptors (Lipinski definition) is 3. The quantitative estimate of drug-likeness (QED) is 0.605. The van der Waals surface area contributed by atoms with Crippen LogP contribution >= 0.6 is 0 Å². The van der Waals surface area contributed by atoms with E-state index in [0.29, 0.717) is 0 Å². The molecule has 0 aliphatic carbocycles. The second-order valence-corrected chi connectivity index (χ2v) is 5.80. The van der Waals surface area contributed by atoms with Crippen molar-refractivity contribution < 1.29 is 18.8 Å². The zero-order chi connectivity index (χ0) is 18.3. The molecule has 1 rings (SSSR count). The van der Waals surface area contributed by atoms with E-state index in [-0.39, 0.29) is 36.2 Å². The Hall–Kier alpha value is -2.64. The van der Waals surface area contributed by atoms with Crippen LogP contribution in [0.4, 0.5) is 14.9 Å². The van der Waals surface area contributed by atoms with Gasteiger partial charge in [-0.1, -0.05) is 13.8 Å². The van der Waals surface area contributed by atoms with E-state index in [1.165, 1.54) is 12.1 Å². The van der Waals surface area contributed by atoms with Crippen molar-refractivity contribution in [1.82, 2.24) is 10.6 Å². The molecule has 0 radical (unpaired) electrons. The van der Waals surface area contributed by atoms with Crippen molar-refractivity contribution >= 4 is 23.5 Å². The highest BCUT2D eigenvalue weighted by Crippen LogP contribution is 2.16. The summed E-state index contributed by atoms with van der Waals surface area (Å²) >= 11 is 0. The first-order valence-corrected chi connectivity index (χ1v) is 7.64. The molecule has 0 saturated heterocycles. The second kappa shape index (κ2) is 8.85. The number of carbonyl (C=O) groups excluding carboxylic acids is 3. The Balaban J connectivity index is 2.73. The molecule has 24 heavy (non-hydrogen) atoms. The number of benzene rings is 1. The van der Waals surface area contributed by atoms with E-state index in [0.717, 1.165) is 6.07 Å². The van der Waals surface area contributed by atoms with Gasteiger partial charge in [0, 0.05) is 24.6 Å². The average Bonchev–Trinajstić information content (AvgIpc) is 2.48. The summed E-state index contributed by atoms with van der Waals surface area (Å²) in [7, 11) is 0. The van der Waals surface area contributed by atoms with Gasteiger partial charge in [-0.2, -0.15) is 0 Å². The van der Waals surface area contributed by atoms with Crippen molar-refractivity contribution in [3.05, 3.63) is 29.6 Å². The van der Waals surface area contributed by atoms with Gasteiger partial charge in [0.15, 0.2) is 0 Å². The van der Waals surface area contributed by atoms with Crippen molar-refractivity contribution in [2.45, 2.75) is 33.2 Å². The number of amides is 4. The Morgan fingerprint density at radius 2 is 1.88 bits per heavy atom. The molecule has 0 aromatic heterocycles. The zero-order valence-electron chi connectivity index (χ0n) is 14.0. The van der Waals surface area contributed by atoms with Crippen LogP contribution in [0, 0.1) is 11.7 Å². The van der Waals surface area contributed by atoms with Crippen LogP contribution in [0.2, 0.25) is 0 Å². The highest BCUT2D eigenvalue weighted by Gasteiger charge is 2.14. The molecule has 5 N–H and O–H groups in total. The van der Waals surface area contributed by atoms with Gasteiger partial charge < -0.3 is 21.7 Å². The molecule has 132 valence electrons. The number of halogens is 1. The fraction of sp³-hybridized carbons (Fsp3) is 0.438. The van der Waals surface area contributed by atoms with Crippen LogP contribution in [0.3, 0.4) is 0 Å². The molecule has 0 unspecified atom stereocenters. The third-order valence-corrected chi connectivity index (χ3v) is 3.49. The predicted octanol–water partition coefficient (Wildman–Crippen LogP) is 1.60. The van der Waals surface area contributed by atoms with Crippen molar-refractivity contribution in [2.75, 3.05) is 11.9 Å². The minimum absolute atomic E-state index is 0.00748. The maximum absolute atomic E-state index is 13.8. The Kier molecular flexibility index (Phi) is 7.16. The number of hydrogen-bond donors (Lipinski definition) is 4. The van der Waals surface area contributed by atoms with E-state index >= 15 is 0 Å². The minimum atomic E-state index is -0.656. The molecule has 1 aromatic carbocycles. The van der Waals surface area contributed by atoms with Crippen LogP contribution in [-0.2, 0) is 4.79 Å². The van der Waals surface area contributed by atoms with Gasteiger partial charge in [0.05, 0.1) is 5.69 Å². The van der Waals surface area contributed by atoms with Gasteiger partial charge in [0.25, 0.3) is 5.91 Å². The van der Waals surface area contributed by atoms with E-state index in [4.69, 9.17) is 5.73 Å². The highest BCUT2D eigenvalue weighted by molar-refractivity contribution is 5.97. The van der Waals surface area contributed by atoms with Crippen LogP contribution < -0.4 is 21.7 Å². The number of carbonyl (C=O) groups is 3. The lowest BCUT2D eigenvalue weighted by molar-refractivity contribution is -0.117. The number of anilines is 1. The van der Waals surface area contributed by atoms with Gasteiger partial charge in [0.2, 0.25) is 5.91 Å². The van der Waals surface area contributed by atoms with Crippen LogP contribution in [0.15, 0.2) is 18.2 Å². The second-order valence-electron chi connectivity index (χ2n) is 5.80. The number of rotatable bonds is 7. The molecule has 0 saturated carbocycles. The van der Waals surface area contributed by atoms with Crippen molar-refractivity contribution in [2.24, 2.45) is 11.7 Å². The van der Waals surface area contributed by atoms with E-state index in [1.54, 1.807) is 0 Å². The Labute approximate surface area is 140 Å². The molecule has 0 fully saturated rings. The summed E-state index contributed by atoms with van der Waals surface area (Å²) in [6.45, 7) is 5.81. The highest BCUT2D eigenvalue weighted by atomic mass is 19.1. The Morgan fingerprint density at radius 3 is 2.46 bits per heavy atom. The van der Waals surface area contributed by atoms with E-state index in [2.05, 4.69) is 16.0 Å². The molecule has 1 aromatic rings. The first kappa shape index (κ1) is 19.4. The van der Waals surface area contributed by atoms with Crippen LogP contribution in [0.5, 0.6) is 0 Å². The molecular weight excluding hydrogens is 315 g/mol. The number of urea groups is 1. The molecule has 0 spiro atoms. The van der Waals surface area contributed by atoms with Crippen molar-refractivity contribution in [3.8, 4) is 0 Å². The summed E-state index contributed by atoms with van der Waals surface area (Å²) in [5.74, 6) is -1.46. The first-order valence-electron chi connectivity index (χ1n) is 7.64. The van der Waals surface area contributed by atoms with Gasteiger partial charge in [-0.05, 0) is 31.0 Å². The topological polar surface area (TPSA) is 113 Å². The monoisotopic (exact) mass is 338 g/mol. The van der Waals surface area contributed by atoms with Gasteiger partial charge >= 0.3 is 6.03 Å². The lowest BCUT2D eigenvalue weighted by Gasteiger charge is -2.18. The standard InChI is InChI=1S/C16H23FN4O3/c1-9(2)10(3)20-16(24)21-13-8-11(4-5-12(13)17)15(23)19-7-6-14(18)22/h4-5,8-10H,6-7H2,1-3H3,(H2,18,22)(H,19,23)(H2,20,21,24)/t10-/m1/s1. The average molecular weight is 338 g/mol. The summed E-state index contributed by atoms with van der Waals surface area (Å²) < 4.78 is 13.8. The van der Waals surface area contributed by atoms with Gasteiger partial charge in [-0.15, -0.1) is 0 Å². The lowest BCUT2D eigenvalue weighted by Crippen LogP contribution is -2.39. The molecular formula is C16H23FN4O3. The van der Waals surface area contributed by atoms with E-state index in [1.807, 2.05) is 20.8 Å². The predicted molar refractivity (Wildman–Crippen MR) is 89.0 cm³/mol. The zero-order valence-corrected chi connectivity index (χ0v) is 14.0. The summed E-state index contributed by atoms with van der Waals surface area (Å²) in [4.78, 5) is 34.4. The molecule has 0 heterocycles. The molecule has 0 aliphatic heterocycles. The fourth-order valence-electron chi connectivity index (χ4n) is 1.70.